The number of carboxylic acid groups (broad SMARTS) is 1. The van der Waals surface area contributed by atoms with Gasteiger partial charge in [-0.1, -0.05) is 20.8 Å². The summed E-state index contributed by atoms with van der Waals surface area (Å²) in [4.78, 5) is 29.6. The molecule has 0 aromatic heterocycles. The third kappa shape index (κ3) is 13.9. The number of likely N-dealkylation sites (N-methyl/N-ethyl adjacent to an activating group) is 2. The first kappa shape index (κ1) is 55.7. The molecule has 3 saturated heterocycles. The Hall–Kier alpha value is -1.66. The Morgan fingerprint density at radius 3 is 2.22 bits per heavy atom. The Morgan fingerprint density at radius 1 is 1.02 bits per heavy atom. The minimum Gasteiger partial charge on any atom is -0.480 e. The normalized spacial score (nSPS) is 44.0. The monoisotopic (exact) mass is 910 g/mol. The highest BCUT2D eigenvalue weighted by atomic mass is 16.7. The summed E-state index contributed by atoms with van der Waals surface area (Å²) in [6.07, 6.45) is -11.0. The number of aliphatic hydroxyl groups is 7. The average Bonchev–Trinajstić information content (AvgIpc) is 3.20. The molecule has 3 unspecified atom stereocenters. The zero-order valence-corrected chi connectivity index (χ0v) is 39.9. The van der Waals surface area contributed by atoms with Crippen molar-refractivity contribution in [3.63, 3.8) is 0 Å². The maximum Gasteiger partial charge on any atom is 0.320 e. The van der Waals surface area contributed by atoms with E-state index < -0.39 is 126 Å². The summed E-state index contributed by atoms with van der Waals surface area (Å²) >= 11 is 0. The summed E-state index contributed by atoms with van der Waals surface area (Å²) < 4.78 is 37.8. The second-order valence-electron chi connectivity index (χ2n) is 19.6. The third-order valence-corrected chi connectivity index (χ3v) is 13.9. The molecule has 0 spiro atoms. The van der Waals surface area contributed by atoms with Crippen molar-refractivity contribution in [2.75, 3.05) is 47.4 Å². The molecular formula is C44H83N3O16. The largest absolute Gasteiger partial charge is 0.480 e. The SMILES string of the molecule is CC[C@H]1OC(=O)[C@H](C)[C@@H](O[C@H]2C[C@@](C)(OC)[C@@H](O)[C@H](C)O2)[C@H](C)[C@@H](O[C@@H]2O[C@H](C)CC(N(C)CC(O)CNC(CCO)C(=O)O)[C@H]2O)[C@](C)(O)C[C@@H](C)CN(C)[C@H](C)[C@@H](O)[C@]1(C)O. The highest BCUT2D eigenvalue weighted by Crippen LogP contribution is 2.40. The Bertz CT molecular complexity index is 1430. The molecule has 3 aliphatic heterocycles. The molecule has 0 saturated carbocycles. The van der Waals surface area contributed by atoms with Crippen LogP contribution in [0.15, 0.2) is 0 Å². The fourth-order valence-electron chi connectivity index (χ4n) is 9.91. The van der Waals surface area contributed by atoms with Crippen LogP contribution in [-0.2, 0) is 38.0 Å². The van der Waals surface area contributed by atoms with Gasteiger partial charge in [-0.25, -0.2) is 0 Å². The first-order chi connectivity index (χ1) is 29.1. The Labute approximate surface area is 374 Å². The van der Waals surface area contributed by atoms with Crippen molar-refractivity contribution < 1.29 is 78.9 Å². The van der Waals surface area contributed by atoms with Crippen LogP contribution >= 0.6 is 0 Å². The van der Waals surface area contributed by atoms with Crippen LogP contribution in [0, 0.1) is 17.8 Å². The van der Waals surface area contributed by atoms with Gasteiger partial charge in [0.2, 0.25) is 0 Å². The van der Waals surface area contributed by atoms with Crippen molar-refractivity contribution in [2.24, 2.45) is 17.8 Å². The van der Waals surface area contributed by atoms with Crippen LogP contribution in [0.3, 0.4) is 0 Å². The number of cyclic esters (lactones) is 1. The van der Waals surface area contributed by atoms with E-state index in [1.54, 1.807) is 67.5 Å². The van der Waals surface area contributed by atoms with E-state index in [9.17, 15) is 50.4 Å². The smallest absolute Gasteiger partial charge is 0.320 e. The van der Waals surface area contributed by atoms with Gasteiger partial charge in [-0.05, 0) is 94.2 Å². The number of methoxy groups -OCH3 is 1. The van der Waals surface area contributed by atoms with Gasteiger partial charge in [-0.3, -0.25) is 14.5 Å². The van der Waals surface area contributed by atoms with E-state index in [1.807, 2.05) is 18.7 Å². The van der Waals surface area contributed by atoms with E-state index in [4.69, 9.17) is 28.4 Å². The van der Waals surface area contributed by atoms with Gasteiger partial charge in [0.05, 0.1) is 47.6 Å². The fourth-order valence-corrected chi connectivity index (χ4v) is 9.91. The molecular weight excluding hydrogens is 826 g/mol. The highest BCUT2D eigenvalue weighted by Gasteiger charge is 2.53. The molecule has 0 radical (unpaired) electrons. The Morgan fingerprint density at radius 2 is 1.65 bits per heavy atom. The molecule has 0 aliphatic carbocycles. The summed E-state index contributed by atoms with van der Waals surface area (Å²) in [6, 6.07) is -2.28. The fraction of sp³-hybridized carbons (Fsp3) is 0.955. The van der Waals surface area contributed by atoms with Crippen LogP contribution in [0.5, 0.6) is 0 Å². The second kappa shape index (κ2) is 23.4. The highest BCUT2D eigenvalue weighted by molar-refractivity contribution is 5.73. The van der Waals surface area contributed by atoms with E-state index in [0.717, 1.165) is 0 Å². The van der Waals surface area contributed by atoms with E-state index in [2.05, 4.69) is 5.32 Å². The van der Waals surface area contributed by atoms with Gasteiger partial charge in [0.1, 0.15) is 36.1 Å². The second-order valence-corrected chi connectivity index (χ2v) is 19.6. The summed E-state index contributed by atoms with van der Waals surface area (Å²) in [6.45, 7) is 17.1. The predicted octanol–water partition coefficient (Wildman–Crippen LogP) is 0.0570. The number of ether oxygens (including phenoxy) is 6. The Kier molecular flexibility index (Phi) is 20.7. The molecule has 3 rings (SSSR count). The number of carbonyl (C=O) groups excluding carboxylic acids is 1. The summed E-state index contributed by atoms with van der Waals surface area (Å²) in [5, 5.41) is 91.5. The molecule has 0 bridgehead atoms. The number of rotatable bonds is 15. The lowest BCUT2D eigenvalue weighted by Gasteiger charge is -2.49. The first-order valence-corrected chi connectivity index (χ1v) is 22.7. The maximum atomic E-state index is 14.4. The number of esters is 1. The molecule has 20 atom stereocenters. The van der Waals surface area contributed by atoms with Gasteiger partial charge >= 0.3 is 11.9 Å². The van der Waals surface area contributed by atoms with Gasteiger partial charge in [0, 0.05) is 57.8 Å². The molecule has 3 fully saturated rings. The zero-order valence-electron chi connectivity index (χ0n) is 39.9. The lowest BCUT2D eigenvalue weighted by Crippen LogP contribution is -2.61. The number of nitrogens with zero attached hydrogens (tertiary/aromatic N) is 2. The molecule has 19 heteroatoms. The van der Waals surface area contributed by atoms with Crippen molar-refractivity contribution >= 4 is 11.9 Å². The predicted molar refractivity (Wildman–Crippen MR) is 230 cm³/mol. The molecule has 3 heterocycles. The zero-order chi connectivity index (χ0) is 47.9. The maximum absolute atomic E-state index is 14.4. The van der Waals surface area contributed by atoms with Gasteiger partial charge in [-0.2, -0.15) is 0 Å². The van der Waals surface area contributed by atoms with Gasteiger partial charge in [0.25, 0.3) is 0 Å². The number of hydrogen-bond acceptors (Lipinski definition) is 18. The van der Waals surface area contributed by atoms with Crippen molar-refractivity contribution in [1.82, 2.24) is 15.1 Å². The molecule has 0 aromatic rings. The number of carboxylic acids is 1. The lowest BCUT2D eigenvalue weighted by atomic mass is 9.77. The summed E-state index contributed by atoms with van der Waals surface area (Å²) in [5.41, 5.74) is -4.64. The number of carbonyl (C=O) groups is 2. The first-order valence-electron chi connectivity index (χ1n) is 22.7. The molecule has 370 valence electrons. The number of nitrogens with one attached hydrogen (secondary N) is 1. The van der Waals surface area contributed by atoms with Gasteiger partial charge in [-0.15, -0.1) is 0 Å². The number of aliphatic hydroxyl groups excluding tert-OH is 5. The average molecular weight is 910 g/mol. The number of hydrogen-bond donors (Lipinski definition) is 9. The van der Waals surface area contributed by atoms with Crippen LogP contribution in [0.1, 0.15) is 101 Å². The van der Waals surface area contributed by atoms with Gasteiger partial charge < -0.3 is 79.5 Å². The topological polar surface area (TPSA) is 270 Å². The molecule has 9 N–H and O–H groups in total. The standard InChI is InChI=1S/C44H83N3O16/c1-14-32-44(10,57)36(51)27(6)46(11)21-23(2)18-42(8,56)38(25(4)35(26(5)40(55)61-32)62-33-19-43(9,58-13)37(52)28(7)60-33)63-41-34(50)31(17-24(3)59-41)47(12)22-29(49)20-45-30(15-16-48)39(53)54/h23-38,41,45,48-52,56-57H,14-22H2,1-13H3,(H,53,54)/t23-,24-,25+,26-,27-,28+,29?,30?,31?,32-,33+,34-,35+,36-,37+,38-,41+,42-,43-,44-/m1/s1. The van der Waals surface area contributed by atoms with E-state index in [-0.39, 0.29) is 51.3 Å². The van der Waals surface area contributed by atoms with Crippen molar-refractivity contribution in [3.8, 4) is 0 Å². The molecule has 63 heavy (non-hydrogen) atoms. The molecule has 0 aromatic carbocycles. The summed E-state index contributed by atoms with van der Waals surface area (Å²) in [5.74, 6) is -4.12. The number of aliphatic carboxylic acids is 1. The lowest BCUT2D eigenvalue weighted by molar-refractivity contribution is -0.318. The van der Waals surface area contributed by atoms with Crippen molar-refractivity contribution in [2.45, 2.75) is 204 Å². The van der Waals surface area contributed by atoms with Crippen LogP contribution < -0.4 is 5.32 Å². The molecule has 3 aliphatic rings. The van der Waals surface area contributed by atoms with E-state index >= 15 is 0 Å². The van der Waals surface area contributed by atoms with Crippen LogP contribution in [0.2, 0.25) is 0 Å². The Balaban J connectivity index is 2.09. The quantitative estimate of drug-likeness (QED) is 0.0984. The molecule has 19 nitrogen and oxygen atoms in total. The summed E-state index contributed by atoms with van der Waals surface area (Å²) in [7, 11) is 4.99. The third-order valence-electron chi connectivity index (χ3n) is 13.9. The minimum absolute atomic E-state index is 0.0331. The van der Waals surface area contributed by atoms with Crippen LogP contribution in [0.25, 0.3) is 0 Å². The van der Waals surface area contributed by atoms with Crippen LogP contribution in [-0.4, -0.2) is 212 Å². The van der Waals surface area contributed by atoms with Crippen molar-refractivity contribution in [1.29, 1.82) is 0 Å². The van der Waals surface area contributed by atoms with Gasteiger partial charge in [0.15, 0.2) is 12.6 Å². The van der Waals surface area contributed by atoms with Crippen LogP contribution in [0.4, 0.5) is 0 Å². The van der Waals surface area contributed by atoms with E-state index in [0.29, 0.717) is 13.0 Å². The minimum atomic E-state index is -1.86. The van der Waals surface area contributed by atoms with E-state index in [1.165, 1.54) is 14.0 Å². The molecule has 0 amide bonds. The van der Waals surface area contributed by atoms with Crippen molar-refractivity contribution in [3.05, 3.63) is 0 Å².